The van der Waals surface area contributed by atoms with E-state index in [2.05, 4.69) is 0 Å². The molecular weight excluding hydrogens is 481 g/mol. The monoisotopic (exact) mass is 487 g/mol. The predicted molar refractivity (Wildman–Crippen MR) is 12.8 cm³/mol. The summed E-state index contributed by atoms with van der Waals surface area (Å²) in [7, 11) is 0. The average Bonchev–Trinajstić information content (AvgIpc) is 0. The molecule has 0 fully saturated rings. The first-order valence-corrected chi connectivity index (χ1v) is 0. The summed E-state index contributed by atoms with van der Waals surface area (Å²) in [5.41, 5.74) is 0. The van der Waals surface area contributed by atoms with E-state index in [4.69, 9.17) is 0 Å². The van der Waals surface area contributed by atoms with Gasteiger partial charge in [-0.15, -0.1) is 0 Å². The van der Waals surface area contributed by atoms with Crippen LogP contribution < -0.4 is 0 Å². The Labute approximate surface area is 88.3 Å². The average molecular weight is 487 g/mol. The van der Waals surface area contributed by atoms with Crippen molar-refractivity contribution in [1.82, 2.24) is 0 Å². The fraction of sp³-hybridized carbons (Fsp3) is 0. The molecule has 0 aromatic rings. The van der Waals surface area contributed by atoms with Crippen molar-refractivity contribution in [3.05, 3.63) is 14.9 Å². The number of rotatable bonds is 0. The van der Waals surface area contributed by atoms with Gasteiger partial charge in [0, 0.05) is 74.8 Å². The van der Waals surface area contributed by atoms with Gasteiger partial charge in [0.25, 0.3) is 0 Å². The third kappa shape index (κ3) is 21.1. The first kappa shape index (κ1) is 51.1. The second kappa shape index (κ2) is 31.6. The van der Waals surface area contributed by atoms with Crippen LogP contribution in [-0.4, -0.2) is 0 Å². The maximum atomic E-state index is 0. The molecule has 0 spiro atoms. The molecule has 0 aliphatic carbocycles. The third-order valence-corrected chi connectivity index (χ3v) is 0. The van der Waals surface area contributed by atoms with Gasteiger partial charge < -0.3 is 14.9 Å². The van der Waals surface area contributed by atoms with E-state index in [9.17, 15) is 0 Å². The maximum absolute atomic E-state index is 0. The molecule has 0 rings (SSSR count). The van der Waals surface area contributed by atoms with Gasteiger partial charge in [0.15, 0.2) is 0 Å². The largest absolute Gasteiger partial charge is 0.358 e. The first-order valence-electron chi connectivity index (χ1n) is 0. The van der Waals surface area contributed by atoms with E-state index in [1.807, 2.05) is 0 Å². The van der Waals surface area contributed by atoms with E-state index in [1.54, 1.807) is 0 Å². The quantitative estimate of drug-likeness (QED) is 0.447. The summed E-state index contributed by atoms with van der Waals surface area (Å²) < 4.78 is 0. The van der Waals surface area contributed by atoms with Gasteiger partial charge in [-0.05, 0) is 0 Å². The molecule has 0 aliphatic rings. The van der Waals surface area contributed by atoms with Crippen molar-refractivity contribution in [1.29, 1.82) is 0 Å². The van der Waals surface area contributed by atoms with E-state index < -0.39 is 0 Å². The zero-order valence-electron chi connectivity index (χ0n) is 3.39. The Morgan fingerprint density at radius 3 is 0.600 bits per heavy atom. The Balaban J connectivity index is 0. The molecule has 0 aromatic heterocycles. The van der Waals surface area contributed by atoms with Gasteiger partial charge in [0.2, 0.25) is 0 Å². The minimum Gasteiger partial charge on any atom is -0.358 e. The molecule has 1 radical (unpaired) electrons. The fourth-order valence-electron chi connectivity index (χ4n) is 0. The van der Waals surface area contributed by atoms with Crippen LogP contribution in [0.15, 0.2) is 0 Å². The number of hydrogen-bond donors (Lipinski definition) is 0. The molecule has 31 valence electrons. The molecule has 0 N–H and O–H groups in total. The second-order valence-electron chi connectivity index (χ2n) is 0. The standard InChI is InChI=1S/2CH3.2W.Y/h2*1H3;;;/q2*-1;;;. The van der Waals surface area contributed by atoms with E-state index in [0.29, 0.717) is 0 Å². The molecule has 0 saturated carbocycles. The Hall–Kier alpha value is 2.48. The van der Waals surface area contributed by atoms with Crippen LogP contribution in [0.3, 0.4) is 0 Å². The van der Waals surface area contributed by atoms with Crippen molar-refractivity contribution in [2.24, 2.45) is 0 Å². The van der Waals surface area contributed by atoms with Crippen LogP contribution in [0.4, 0.5) is 0 Å². The summed E-state index contributed by atoms with van der Waals surface area (Å²) in [5.74, 6) is 0. The molecule has 0 amide bonds. The summed E-state index contributed by atoms with van der Waals surface area (Å²) in [6.45, 7) is 0. The Bertz CT molecular complexity index is 7.61. The molecule has 5 heavy (non-hydrogen) atoms. The molecular formula is C2H6W2Y-2. The van der Waals surface area contributed by atoms with E-state index in [-0.39, 0.29) is 89.7 Å². The van der Waals surface area contributed by atoms with E-state index in [1.165, 1.54) is 0 Å². The smallest absolute Gasteiger partial charge is 0 e. The van der Waals surface area contributed by atoms with Crippen molar-refractivity contribution in [3.63, 3.8) is 0 Å². The molecule has 0 unspecified atom stereocenters. The van der Waals surface area contributed by atoms with Gasteiger partial charge in [-0.3, -0.25) is 0 Å². The molecule has 3 heteroatoms. The minimum atomic E-state index is 0. The maximum Gasteiger partial charge on any atom is 0 e. The summed E-state index contributed by atoms with van der Waals surface area (Å²) >= 11 is 0. The molecule has 0 bridgehead atoms. The molecule has 0 nitrogen and oxygen atoms in total. The summed E-state index contributed by atoms with van der Waals surface area (Å²) in [6.07, 6.45) is 0. The topological polar surface area (TPSA) is 0 Å². The van der Waals surface area contributed by atoms with Crippen LogP contribution in [0.25, 0.3) is 0 Å². The Morgan fingerprint density at radius 1 is 0.600 bits per heavy atom. The molecule has 0 aliphatic heterocycles. The van der Waals surface area contributed by atoms with Gasteiger partial charge in [-0.2, -0.15) is 0 Å². The van der Waals surface area contributed by atoms with Gasteiger partial charge in [-0.25, -0.2) is 0 Å². The zero-order valence-corrected chi connectivity index (χ0v) is 12.1. The van der Waals surface area contributed by atoms with Crippen LogP contribution >= 0.6 is 0 Å². The van der Waals surface area contributed by atoms with Gasteiger partial charge >= 0.3 is 0 Å². The van der Waals surface area contributed by atoms with Crippen LogP contribution in [0, 0.1) is 14.9 Å². The Kier molecular flexibility index (Phi) is 323. The third-order valence-electron chi connectivity index (χ3n) is 0. The van der Waals surface area contributed by atoms with Crippen molar-refractivity contribution in [2.75, 3.05) is 0 Å². The van der Waals surface area contributed by atoms with Gasteiger partial charge in [0.05, 0.1) is 0 Å². The minimum absolute atomic E-state index is 0. The Morgan fingerprint density at radius 2 is 0.600 bits per heavy atom. The molecule has 0 atom stereocenters. The van der Waals surface area contributed by atoms with Crippen LogP contribution in [-0.2, 0) is 74.8 Å². The molecule has 0 aromatic carbocycles. The van der Waals surface area contributed by atoms with Crippen LogP contribution in [0.5, 0.6) is 0 Å². The van der Waals surface area contributed by atoms with Crippen LogP contribution in [0.1, 0.15) is 0 Å². The molecule has 0 heterocycles. The summed E-state index contributed by atoms with van der Waals surface area (Å²) in [4.78, 5) is 0. The van der Waals surface area contributed by atoms with Gasteiger partial charge in [0.1, 0.15) is 0 Å². The van der Waals surface area contributed by atoms with Crippen molar-refractivity contribution < 1.29 is 74.8 Å². The van der Waals surface area contributed by atoms with Crippen LogP contribution in [0.2, 0.25) is 0 Å². The SMILES string of the molecule is [CH3-].[CH3-].[W].[W].[Y]. The normalized spacial score (nSPS) is 0. The van der Waals surface area contributed by atoms with E-state index in [0.717, 1.165) is 0 Å². The van der Waals surface area contributed by atoms with Gasteiger partial charge in [-0.1, -0.05) is 0 Å². The first-order chi connectivity index (χ1) is 0. The summed E-state index contributed by atoms with van der Waals surface area (Å²) in [6, 6.07) is 0. The van der Waals surface area contributed by atoms with Crippen molar-refractivity contribution >= 4 is 0 Å². The second-order valence-corrected chi connectivity index (χ2v) is 0. The summed E-state index contributed by atoms with van der Waals surface area (Å²) in [5, 5.41) is 0. The fourth-order valence-corrected chi connectivity index (χ4v) is 0. The predicted octanol–water partition coefficient (Wildman–Crippen LogP) is 0.893. The van der Waals surface area contributed by atoms with Crippen molar-refractivity contribution in [2.45, 2.75) is 0 Å². The number of hydrogen-bond acceptors (Lipinski definition) is 0. The zero-order chi connectivity index (χ0) is 0. The van der Waals surface area contributed by atoms with Crippen molar-refractivity contribution in [3.8, 4) is 0 Å². The van der Waals surface area contributed by atoms with E-state index >= 15 is 0 Å². The molecule has 0 saturated heterocycles.